The Morgan fingerprint density at radius 1 is 1.29 bits per heavy atom. The van der Waals surface area contributed by atoms with Gasteiger partial charge in [-0.2, -0.15) is 13.2 Å². The second-order valence-corrected chi connectivity index (χ2v) is 5.11. The highest BCUT2D eigenvalue weighted by Crippen LogP contribution is 2.29. The number of alkyl halides is 3. The van der Waals surface area contributed by atoms with Gasteiger partial charge in [-0.1, -0.05) is 11.6 Å². The van der Waals surface area contributed by atoms with E-state index in [2.05, 4.69) is 9.97 Å². The standard InChI is InChI=1S/C12H12ClF3N4O/c13-9-5-8(19-1-3-21-4-2-19)10-11(18-9)20(7-17-10)6-12(14,15)16/h5,7H,1-4,6H2. The first-order valence-corrected chi connectivity index (χ1v) is 6.73. The van der Waals surface area contributed by atoms with E-state index in [0.29, 0.717) is 37.5 Å². The number of fused-ring (bicyclic) bond motifs is 1. The first kappa shape index (κ1) is 14.4. The SMILES string of the molecule is FC(F)(F)Cn1cnc2c(N3CCOCC3)cc(Cl)nc21. The number of halogens is 4. The third-order valence-electron chi connectivity index (χ3n) is 3.22. The molecule has 0 unspecified atom stereocenters. The number of imidazole rings is 1. The fourth-order valence-electron chi connectivity index (χ4n) is 2.34. The molecule has 0 aromatic carbocycles. The molecule has 0 radical (unpaired) electrons. The zero-order valence-corrected chi connectivity index (χ0v) is 11.7. The average molecular weight is 321 g/mol. The highest BCUT2D eigenvalue weighted by atomic mass is 35.5. The molecule has 0 aliphatic carbocycles. The summed E-state index contributed by atoms with van der Waals surface area (Å²) < 4.78 is 43.9. The first-order chi connectivity index (χ1) is 9.94. The van der Waals surface area contributed by atoms with Gasteiger partial charge in [0, 0.05) is 19.2 Å². The Hall–Kier alpha value is -1.54. The van der Waals surface area contributed by atoms with Crippen molar-refractivity contribution in [2.75, 3.05) is 31.2 Å². The second kappa shape index (κ2) is 5.34. The van der Waals surface area contributed by atoms with Crippen LogP contribution < -0.4 is 4.90 Å². The van der Waals surface area contributed by atoms with Crippen molar-refractivity contribution in [3.8, 4) is 0 Å². The van der Waals surface area contributed by atoms with Crippen molar-refractivity contribution in [1.82, 2.24) is 14.5 Å². The third kappa shape index (κ3) is 3.06. The van der Waals surface area contributed by atoms with Gasteiger partial charge < -0.3 is 14.2 Å². The van der Waals surface area contributed by atoms with Crippen LogP contribution in [0, 0.1) is 0 Å². The van der Waals surface area contributed by atoms with Crippen molar-refractivity contribution in [3.63, 3.8) is 0 Å². The van der Waals surface area contributed by atoms with E-state index in [0.717, 1.165) is 10.9 Å². The minimum atomic E-state index is -4.34. The van der Waals surface area contributed by atoms with Gasteiger partial charge in [0.15, 0.2) is 5.65 Å². The zero-order chi connectivity index (χ0) is 15.0. The lowest BCUT2D eigenvalue weighted by molar-refractivity contribution is -0.140. The number of hydrogen-bond acceptors (Lipinski definition) is 4. The Bertz CT molecular complexity index is 652. The van der Waals surface area contributed by atoms with Crippen molar-refractivity contribution >= 4 is 28.5 Å². The summed E-state index contributed by atoms with van der Waals surface area (Å²) in [5.74, 6) is 0. The molecule has 0 spiro atoms. The Kier molecular flexibility index (Phi) is 3.66. The summed E-state index contributed by atoms with van der Waals surface area (Å²) in [5, 5.41) is 0.146. The van der Waals surface area contributed by atoms with E-state index in [1.807, 2.05) is 4.90 Å². The minimum absolute atomic E-state index is 0.140. The number of ether oxygens (including phenoxy) is 1. The number of morpholine rings is 1. The van der Waals surface area contributed by atoms with Crippen LogP contribution in [0.15, 0.2) is 12.4 Å². The highest BCUT2D eigenvalue weighted by molar-refractivity contribution is 6.30. The summed E-state index contributed by atoms with van der Waals surface area (Å²) >= 11 is 5.95. The fraction of sp³-hybridized carbons (Fsp3) is 0.500. The molecule has 0 saturated carbocycles. The topological polar surface area (TPSA) is 43.2 Å². The van der Waals surface area contributed by atoms with Crippen LogP contribution in [-0.2, 0) is 11.3 Å². The summed E-state index contributed by atoms with van der Waals surface area (Å²) in [6, 6.07) is 1.63. The van der Waals surface area contributed by atoms with Crippen molar-refractivity contribution in [1.29, 1.82) is 0 Å². The number of nitrogens with zero attached hydrogens (tertiary/aromatic N) is 4. The van der Waals surface area contributed by atoms with Gasteiger partial charge >= 0.3 is 6.18 Å². The largest absolute Gasteiger partial charge is 0.406 e. The quantitative estimate of drug-likeness (QED) is 0.797. The molecule has 3 heterocycles. The summed E-state index contributed by atoms with van der Waals surface area (Å²) in [5.41, 5.74) is 1.25. The minimum Gasteiger partial charge on any atom is -0.378 e. The molecule has 2 aromatic rings. The molecule has 0 bridgehead atoms. The fourth-order valence-corrected chi connectivity index (χ4v) is 2.53. The van der Waals surface area contributed by atoms with Gasteiger partial charge in [-0.25, -0.2) is 9.97 Å². The lowest BCUT2D eigenvalue weighted by Crippen LogP contribution is -2.36. The molecule has 2 aromatic heterocycles. The van der Waals surface area contributed by atoms with Crippen molar-refractivity contribution in [3.05, 3.63) is 17.5 Å². The summed E-state index contributed by atoms with van der Waals surface area (Å²) in [7, 11) is 0. The molecule has 1 aliphatic heterocycles. The molecule has 1 aliphatic rings. The molecule has 21 heavy (non-hydrogen) atoms. The molecule has 1 saturated heterocycles. The molecule has 9 heteroatoms. The predicted molar refractivity (Wildman–Crippen MR) is 71.6 cm³/mol. The molecule has 1 fully saturated rings. The zero-order valence-electron chi connectivity index (χ0n) is 10.9. The van der Waals surface area contributed by atoms with Gasteiger partial charge in [-0.3, -0.25) is 0 Å². The number of anilines is 1. The van der Waals surface area contributed by atoms with Gasteiger partial charge in [0.25, 0.3) is 0 Å². The van der Waals surface area contributed by atoms with E-state index in [4.69, 9.17) is 16.3 Å². The van der Waals surface area contributed by atoms with Crippen LogP contribution in [0.25, 0.3) is 11.2 Å². The van der Waals surface area contributed by atoms with Gasteiger partial charge in [0.2, 0.25) is 0 Å². The second-order valence-electron chi connectivity index (χ2n) is 4.72. The normalized spacial score (nSPS) is 16.7. The molecule has 0 amide bonds. The number of hydrogen-bond donors (Lipinski definition) is 0. The highest BCUT2D eigenvalue weighted by Gasteiger charge is 2.29. The summed E-state index contributed by atoms with van der Waals surface area (Å²) in [6.07, 6.45) is -3.19. The van der Waals surface area contributed by atoms with E-state index in [9.17, 15) is 13.2 Å². The number of aromatic nitrogens is 3. The van der Waals surface area contributed by atoms with Gasteiger partial charge in [-0.15, -0.1) is 0 Å². The van der Waals surface area contributed by atoms with Crippen LogP contribution in [0.2, 0.25) is 5.15 Å². The molecule has 0 atom stereocenters. The lowest BCUT2D eigenvalue weighted by Gasteiger charge is -2.29. The Labute approximate surface area is 123 Å². The van der Waals surface area contributed by atoms with Crippen molar-refractivity contribution in [2.45, 2.75) is 12.7 Å². The van der Waals surface area contributed by atoms with Crippen LogP contribution >= 0.6 is 11.6 Å². The lowest BCUT2D eigenvalue weighted by atomic mass is 10.3. The maximum Gasteiger partial charge on any atom is 0.406 e. The van der Waals surface area contributed by atoms with Crippen LogP contribution in [0.5, 0.6) is 0 Å². The average Bonchev–Trinajstić information content (AvgIpc) is 2.80. The molecule has 3 rings (SSSR count). The summed E-state index contributed by atoms with van der Waals surface area (Å²) in [4.78, 5) is 10.1. The predicted octanol–water partition coefficient (Wildman–Crippen LogP) is 2.48. The molecular formula is C12H12ClF3N4O. The van der Waals surface area contributed by atoms with E-state index >= 15 is 0 Å². The maximum atomic E-state index is 12.6. The first-order valence-electron chi connectivity index (χ1n) is 6.35. The van der Waals surface area contributed by atoms with E-state index in [1.165, 1.54) is 0 Å². The van der Waals surface area contributed by atoms with Crippen molar-refractivity contribution in [2.24, 2.45) is 0 Å². The molecular weight excluding hydrogens is 309 g/mol. The van der Waals surface area contributed by atoms with Crippen LogP contribution in [-0.4, -0.2) is 47.0 Å². The smallest absolute Gasteiger partial charge is 0.378 e. The van der Waals surface area contributed by atoms with Crippen LogP contribution in [0.1, 0.15) is 0 Å². The monoisotopic (exact) mass is 320 g/mol. The molecule has 0 N–H and O–H groups in total. The van der Waals surface area contributed by atoms with E-state index in [1.54, 1.807) is 6.07 Å². The van der Waals surface area contributed by atoms with Crippen LogP contribution in [0.3, 0.4) is 0 Å². The van der Waals surface area contributed by atoms with Crippen LogP contribution in [0.4, 0.5) is 18.9 Å². The number of pyridine rings is 1. The van der Waals surface area contributed by atoms with Gasteiger partial charge in [-0.05, 0) is 0 Å². The van der Waals surface area contributed by atoms with Crippen molar-refractivity contribution < 1.29 is 17.9 Å². The van der Waals surface area contributed by atoms with Gasteiger partial charge in [0.05, 0.1) is 25.2 Å². The number of rotatable bonds is 2. The Morgan fingerprint density at radius 3 is 2.67 bits per heavy atom. The molecule has 114 valence electrons. The van der Waals surface area contributed by atoms with E-state index in [-0.39, 0.29) is 10.8 Å². The maximum absolute atomic E-state index is 12.6. The van der Waals surface area contributed by atoms with Gasteiger partial charge in [0.1, 0.15) is 17.2 Å². The summed E-state index contributed by atoms with van der Waals surface area (Å²) in [6.45, 7) is 1.26. The van der Waals surface area contributed by atoms with E-state index < -0.39 is 12.7 Å². The molecule has 5 nitrogen and oxygen atoms in total. The Balaban J connectivity index is 2.05. The third-order valence-corrected chi connectivity index (χ3v) is 3.42. The Morgan fingerprint density at radius 2 is 2.00 bits per heavy atom.